The molecule has 2 aromatic carbocycles. The Labute approximate surface area is 200 Å². The summed E-state index contributed by atoms with van der Waals surface area (Å²) >= 11 is 0. The first kappa shape index (κ1) is 25.1. The molecule has 0 aromatic heterocycles. The number of hydrogen-bond acceptors (Lipinski definition) is 5. The molecule has 1 saturated heterocycles. The van der Waals surface area contributed by atoms with Gasteiger partial charge in [0, 0.05) is 18.7 Å². The number of amides is 3. The number of ether oxygens (including phenoxy) is 2. The third kappa shape index (κ3) is 6.50. The third-order valence-electron chi connectivity index (χ3n) is 6.04. The molecule has 34 heavy (non-hydrogen) atoms. The minimum absolute atomic E-state index is 0.0355. The lowest BCUT2D eigenvalue weighted by Crippen LogP contribution is -2.47. The van der Waals surface area contributed by atoms with E-state index < -0.39 is 12.1 Å². The van der Waals surface area contributed by atoms with Crippen LogP contribution in [-0.4, -0.2) is 37.6 Å². The highest BCUT2D eigenvalue weighted by Gasteiger charge is 2.28. The molecule has 3 amide bonds. The fourth-order valence-corrected chi connectivity index (χ4v) is 3.85. The monoisotopic (exact) mass is 467 g/mol. The molecule has 1 heterocycles. The van der Waals surface area contributed by atoms with Gasteiger partial charge in [-0.15, -0.1) is 0 Å². The molecule has 2 atom stereocenters. The van der Waals surface area contributed by atoms with Crippen molar-refractivity contribution < 1.29 is 23.9 Å². The number of alkyl carbamates (subject to hydrolysis) is 1. The topological polar surface area (TPSA) is 97.0 Å². The maximum atomic E-state index is 13.1. The first-order valence-corrected chi connectivity index (χ1v) is 11.7. The summed E-state index contributed by atoms with van der Waals surface area (Å²) in [5.41, 5.74) is 2.01. The molecule has 0 aliphatic carbocycles. The number of nitrogens with zero attached hydrogens (tertiary/aromatic N) is 1. The van der Waals surface area contributed by atoms with Crippen LogP contribution >= 0.6 is 0 Å². The highest BCUT2D eigenvalue weighted by atomic mass is 16.5. The Morgan fingerprint density at radius 3 is 2.56 bits per heavy atom. The van der Waals surface area contributed by atoms with E-state index in [1.165, 1.54) is 0 Å². The summed E-state index contributed by atoms with van der Waals surface area (Å²) in [5, 5.41) is 5.58. The normalized spacial score (nSPS) is 15.3. The number of hydrogen-bond donors (Lipinski definition) is 2. The lowest BCUT2D eigenvalue weighted by molar-refractivity contribution is -0.120. The highest BCUT2D eigenvalue weighted by molar-refractivity contribution is 5.99. The van der Waals surface area contributed by atoms with Gasteiger partial charge in [-0.3, -0.25) is 9.59 Å². The number of nitrogens with one attached hydrogen (secondary N) is 2. The summed E-state index contributed by atoms with van der Waals surface area (Å²) < 4.78 is 10.7. The molecule has 2 aromatic rings. The standard InChI is InChI=1S/C26H33N3O5/c1-4-18(2)24(28-26(32)34-17-19-10-6-5-7-11-19)25(31)27-20-13-14-22(33-3)21(16-20)29-15-9-8-12-23(29)30/h5-7,10-11,13-14,16,18,24H,4,8-9,12,15,17H2,1-3H3,(H,27,31)(H,28,32)/t18-,24-/m0/s1. The van der Waals surface area contributed by atoms with Crippen LogP contribution in [0.15, 0.2) is 48.5 Å². The second kappa shape index (κ2) is 12.1. The van der Waals surface area contributed by atoms with Gasteiger partial charge < -0.3 is 25.0 Å². The zero-order chi connectivity index (χ0) is 24.5. The van der Waals surface area contributed by atoms with Crippen LogP contribution in [-0.2, 0) is 20.9 Å². The Hall–Kier alpha value is -3.55. The maximum absolute atomic E-state index is 13.1. The van der Waals surface area contributed by atoms with Gasteiger partial charge in [0.1, 0.15) is 18.4 Å². The average Bonchev–Trinajstić information content (AvgIpc) is 2.86. The first-order valence-electron chi connectivity index (χ1n) is 11.7. The zero-order valence-electron chi connectivity index (χ0n) is 20.0. The molecule has 0 spiro atoms. The van der Waals surface area contributed by atoms with E-state index in [2.05, 4.69) is 10.6 Å². The van der Waals surface area contributed by atoms with Crippen molar-refractivity contribution in [2.24, 2.45) is 5.92 Å². The van der Waals surface area contributed by atoms with Gasteiger partial charge >= 0.3 is 6.09 Å². The van der Waals surface area contributed by atoms with E-state index in [9.17, 15) is 14.4 Å². The number of piperidine rings is 1. The van der Waals surface area contributed by atoms with Crippen molar-refractivity contribution in [1.29, 1.82) is 0 Å². The van der Waals surface area contributed by atoms with E-state index in [4.69, 9.17) is 9.47 Å². The first-order chi connectivity index (χ1) is 16.4. The van der Waals surface area contributed by atoms with Crippen molar-refractivity contribution in [2.75, 3.05) is 23.9 Å². The van der Waals surface area contributed by atoms with Crippen LogP contribution in [0.2, 0.25) is 0 Å². The Morgan fingerprint density at radius 2 is 1.88 bits per heavy atom. The molecule has 0 radical (unpaired) electrons. The molecule has 3 rings (SSSR count). The van der Waals surface area contributed by atoms with Crippen LogP contribution in [0.5, 0.6) is 5.75 Å². The Morgan fingerprint density at radius 1 is 1.12 bits per heavy atom. The van der Waals surface area contributed by atoms with Crippen LogP contribution in [0.3, 0.4) is 0 Å². The van der Waals surface area contributed by atoms with Crippen molar-refractivity contribution in [1.82, 2.24) is 5.32 Å². The van der Waals surface area contributed by atoms with Crippen LogP contribution in [0.4, 0.5) is 16.2 Å². The number of methoxy groups -OCH3 is 1. The molecule has 2 N–H and O–H groups in total. The predicted molar refractivity (Wildman–Crippen MR) is 131 cm³/mol. The van der Waals surface area contributed by atoms with Gasteiger partial charge in [0.05, 0.1) is 12.8 Å². The summed E-state index contributed by atoms with van der Waals surface area (Å²) in [6, 6.07) is 13.7. The van der Waals surface area contributed by atoms with Crippen LogP contribution < -0.4 is 20.3 Å². The number of carbonyl (C=O) groups excluding carboxylic acids is 3. The van der Waals surface area contributed by atoms with Gasteiger partial charge in [0.2, 0.25) is 11.8 Å². The van der Waals surface area contributed by atoms with Crippen molar-refractivity contribution in [3.05, 3.63) is 54.1 Å². The average molecular weight is 468 g/mol. The smallest absolute Gasteiger partial charge is 0.408 e. The Balaban J connectivity index is 1.70. The molecule has 0 unspecified atom stereocenters. The Bertz CT molecular complexity index is 995. The van der Waals surface area contributed by atoms with E-state index in [-0.39, 0.29) is 24.3 Å². The largest absolute Gasteiger partial charge is 0.495 e. The molecule has 8 heteroatoms. The van der Waals surface area contributed by atoms with Crippen molar-refractivity contribution in [3.8, 4) is 5.75 Å². The number of rotatable bonds is 9. The lowest BCUT2D eigenvalue weighted by atomic mass is 9.98. The SMILES string of the molecule is CC[C@H](C)[C@H](NC(=O)OCc1ccccc1)C(=O)Nc1ccc(OC)c(N2CCCCC2=O)c1. The zero-order valence-corrected chi connectivity index (χ0v) is 20.0. The number of carbonyl (C=O) groups is 3. The van der Waals surface area contributed by atoms with Gasteiger partial charge in [-0.2, -0.15) is 0 Å². The Kier molecular flexibility index (Phi) is 8.90. The maximum Gasteiger partial charge on any atom is 0.408 e. The molecule has 1 aliphatic heterocycles. The van der Waals surface area contributed by atoms with Gasteiger partial charge in [0.25, 0.3) is 0 Å². The highest BCUT2D eigenvalue weighted by Crippen LogP contribution is 2.33. The van der Waals surface area contributed by atoms with Crippen molar-refractivity contribution in [3.63, 3.8) is 0 Å². The van der Waals surface area contributed by atoms with E-state index in [1.54, 1.807) is 30.2 Å². The summed E-state index contributed by atoms with van der Waals surface area (Å²) in [6.45, 7) is 4.58. The quantitative estimate of drug-likeness (QED) is 0.566. The second-order valence-corrected chi connectivity index (χ2v) is 8.45. The molecule has 1 fully saturated rings. The van der Waals surface area contributed by atoms with Gasteiger partial charge in [-0.25, -0.2) is 4.79 Å². The molecule has 1 aliphatic rings. The molecule has 182 valence electrons. The van der Waals surface area contributed by atoms with E-state index in [1.807, 2.05) is 44.2 Å². The predicted octanol–water partition coefficient (Wildman–Crippen LogP) is 4.49. The molecule has 0 saturated carbocycles. The molecular weight excluding hydrogens is 434 g/mol. The van der Waals surface area contributed by atoms with Crippen molar-refractivity contribution in [2.45, 2.75) is 52.2 Å². The summed E-state index contributed by atoms with van der Waals surface area (Å²) in [7, 11) is 1.55. The summed E-state index contributed by atoms with van der Waals surface area (Å²) in [6.07, 6.45) is 2.31. The second-order valence-electron chi connectivity index (χ2n) is 8.45. The minimum Gasteiger partial charge on any atom is -0.495 e. The summed E-state index contributed by atoms with van der Waals surface area (Å²) in [5.74, 6) is 0.125. The minimum atomic E-state index is -0.782. The third-order valence-corrected chi connectivity index (χ3v) is 6.04. The fourth-order valence-electron chi connectivity index (χ4n) is 3.85. The van der Waals surface area contributed by atoms with E-state index in [0.717, 1.165) is 18.4 Å². The summed E-state index contributed by atoms with van der Waals surface area (Å²) in [4.78, 5) is 39.7. The van der Waals surface area contributed by atoms with E-state index >= 15 is 0 Å². The van der Waals surface area contributed by atoms with Crippen molar-refractivity contribution >= 4 is 29.3 Å². The molecular formula is C26H33N3O5. The van der Waals surface area contributed by atoms with Crippen LogP contribution in [0, 0.1) is 5.92 Å². The van der Waals surface area contributed by atoms with Gasteiger partial charge in [-0.05, 0) is 42.5 Å². The van der Waals surface area contributed by atoms with Gasteiger partial charge in [0.15, 0.2) is 0 Å². The van der Waals surface area contributed by atoms with Crippen LogP contribution in [0.25, 0.3) is 0 Å². The fraction of sp³-hybridized carbons (Fsp3) is 0.423. The molecule has 8 nitrogen and oxygen atoms in total. The van der Waals surface area contributed by atoms with Gasteiger partial charge in [-0.1, -0.05) is 50.6 Å². The number of anilines is 2. The number of benzene rings is 2. The molecule has 0 bridgehead atoms. The van der Waals surface area contributed by atoms with Crippen LogP contribution in [0.1, 0.15) is 45.1 Å². The lowest BCUT2D eigenvalue weighted by Gasteiger charge is -2.29. The van der Waals surface area contributed by atoms with E-state index in [0.29, 0.717) is 36.5 Å².